The summed E-state index contributed by atoms with van der Waals surface area (Å²) in [6.45, 7) is 2.48. The Bertz CT molecular complexity index is 1420. The SMILES string of the molecule is Cc1cc2c(NC(=O)CCl)cccc2n1-c1nc2c(c(NCc3cccc(B(O)O)c3)n1)CCC2. The van der Waals surface area contributed by atoms with E-state index in [9.17, 15) is 14.8 Å². The van der Waals surface area contributed by atoms with Crippen molar-refractivity contribution in [2.24, 2.45) is 0 Å². The molecule has 1 amide bonds. The number of hydrogen-bond acceptors (Lipinski definition) is 6. The molecule has 0 unspecified atom stereocenters. The van der Waals surface area contributed by atoms with Gasteiger partial charge in [-0.05, 0) is 55.4 Å². The van der Waals surface area contributed by atoms with E-state index in [0.717, 1.165) is 58.5 Å². The average Bonchev–Trinajstić information content (AvgIpc) is 3.46. The molecule has 0 saturated heterocycles. The third-order valence-electron chi connectivity index (χ3n) is 6.26. The number of fused-ring (bicyclic) bond motifs is 2. The van der Waals surface area contributed by atoms with E-state index in [-0.39, 0.29) is 11.8 Å². The molecule has 5 rings (SSSR count). The van der Waals surface area contributed by atoms with Crippen molar-refractivity contribution in [2.75, 3.05) is 16.5 Å². The molecule has 0 spiro atoms. The van der Waals surface area contributed by atoms with E-state index in [0.29, 0.717) is 23.6 Å². The molecule has 35 heavy (non-hydrogen) atoms. The van der Waals surface area contributed by atoms with Gasteiger partial charge in [0.1, 0.15) is 11.7 Å². The van der Waals surface area contributed by atoms with Gasteiger partial charge in [-0.2, -0.15) is 4.98 Å². The smallest absolute Gasteiger partial charge is 0.423 e. The molecule has 4 N–H and O–H groups in total. The van der Waals surface area contributed by atoms with Crippen LogP contribution in [0.25, 0.3) is 16.9 Å². The summed E-state index contributed by atoms with van der Waals surface area (Å²) in [7, 11) is -1.51. The molecule has 0 fully saturated rings. The van der Waals surface area contributed by atoms with Gasteiger partial charge in [0.15, 0.2) is 0 Å². The Balaban J connectivity index is 1.53. The number of carbonyl (C=O) groups is 1. The maximum absolute atomic E-state index is 11.9. The molecule has 1 aliphatic carbocycles. The van der Waals surface area contributed by atoms with Gasteiger partial charge in [0.25, 0.3) is 0 Å². The van der Waals surface area contributed by atoms with Gasteiger partial charge in [-0.3, -0.25) is 9.36 Å². The van der Waals surface area contributed by atoms with Crippen LogP contribution in [0.4, 0.5) is 11.5 Å². The van der Waals surface area contributed by atoms with Crippen LogP contribution in [0, 0.1) is 6.92 Å². The molecule has 8 nitrogen and oxygen atoms in total. The van der Waals surface area contributed by atoms with Gasteiger partial charge in [-0.15, -0.1) is 11.6 Å². The highest BCUT2D eigenvalue weighted by Gasteiger charge is 2.22. The number of hydrogen-bond donors (Lipinski definition) is 4. The molecule has 0 atom stereocenters. The van der Waals surface area contributed by atoms with Crippen LogP contribution >= 0.6 is 11.6 Å². The van der Waals surface area contributed by atoms with Gasteiger partial charge in [0.2, 0.25) is 11.9 Å². The number of nitrogens with zero attached hydrogens (tertiary/aromatic N) is 3. The maximum Gasteiger partial charge on any atom is 0.488 e. The van der Waals surface area contributed by atoms with Crippen molar-refractivity contribution in [1.82, 2.24) is 14.5 Å². The lowest BCUT2D eigenvalue weighted by Gasteiger charge is -2.15. The number of aromatic nitrogens is 3. The van der Waals surface area contributed by atoms with Crippen molar-refractivity contribution < 1.29 is 14.8 Å². The number of alkyl halides is 1. The normalized spacial score (nSPS) is 12.6. The summed E-state index contributed by atoms with van der Waals surface area (Å²) in [4.78, 5) is 21.7. The second kappa shape index (κ2) is 9.69. The number of aryl methyl sites for hydroxylation is 2. The highest BCUT2D eigenvalue weighted by molar-refractivity contribution is 6.58. The zero-order chi connectivity index (χ0) is 24.5. The molecule has 178 valence electrons. The van der Waals surface area contributed by atoms with Crippen molar-refractivity contribution in [3.8, 4) is 5.95 Å². The number of rotatable bonds is 7. The van der Waals surface area contributed by atoms with E-state index < -0.39 is 7.12 Å². The Hall–Kier alpha value is -3.40. The Morgan fingerprint density at radius 1 is 1.14 bits per heavy atom. The van der Waals surface area contributed by atoms with E-state index >= 15 is 0 Å². The summed E-state index contributed by atoms with van der Waals surface area (Å²) < 4.78 is 2.00. The van der Waals surface area contributed by atoms with Crippen LogP contribution in [0.15, 0.2) is 48.5 Å². The molecule has 2 heterocycles. The van der Waals surface area contributed by atoms with E-state index in [1.165, 1.54) is 0 Å². The molecule has 0 saturated carbocycles. The first-order chi connectivity index (χ1) is 16.9. The lowest BCUT2D eigenvalue weighted by molar-refractivity contribution is -0.113. The van der Waals surface area contributed by atoms with Crippen molar-refractivity contribution in [3.05, 3.63) is 71.0 Å². The fourth-order valence-corrected chi connectivity index (χ4v) is 4.70. The monoisotopic (exact) mass is 489 g/mol. The molecule has 0 aliphatic heterocycles. The summed E-state index contributed by atoms with van der Waals surface area (Å²) in [5, 5.41) is 26.1. The topological polar surface area (TPSA) is 112 Å². The minimum Gasteiger partial charge on any atom is -0.423 e. The van der Waals surface area contributed by atoms with Crippen LogP contribution in [0.2, 0.25) is 0 Å². The molecule has 0 radical (unpaired) electrons. The van der Waals surface area contributed by atoms with Gasteiger partial charge in [-0.25, -0.2) is 4.98 Å². The molecule has 2 aromatic carbocycles. The third kappa shape index (κ3) is 4.62. The molecule has 2 aromatic heterocycles. The second-order valence-electron chi connectivity index (χ2n) is 8.66. The van der Waals surface area contributed by atoms with Crippen molar-refractivity contribution in [3.63, 3.8) is 0 Å². The first kappa shape index (κ1) is 23.4. The van der Waals surface area contributed by atoms with Gasteiger partial charge in [0.05, 0.1) is 16.9 Å². The number of carbonyl (C=O) groups excluding carboxylic acids is 1. The van der Waals surface area contributed by atoms with Crippen molar-refractivity contribution >= 4 is 52.5 Å². The van der Waals surface area contributed by atoms with Crippen LogP contribution in [0.5, 0.6) is 0 Å². The molecule has 1 aliphatic rings. The molecule has 4 aromatic rings. The van der Waals surface area contributed by atoms with E-state index in [1.807, 2.05) is 41.8 Å². The lowest BCUT2D eigenvalue weighted by atomic mass is 9.79. The maximum atomic E-state index is 11.9. The number of halogens is 1. The molecule has 0 bridgehead atoms. The van der Waals surface area contributed by atoms with Crippen LogP contribution in [-0.4, -0.2) is 43.5 Å². The highest BCUT2D eigenvalue weighted by Crippen LogP contribution is 2.32. The Morgan fingerprint density at radius 2 is 1.97 bits per heavy atom. The number of nitrogens with one attached hydrogen (secondary N) is 2. The molecular weight excluding hydrogens is 465 g/mol. The third-order valence-corrected chi connectivity index (χ3v) is 6.50. The summed E-state index contributed by atoms with van der Waals surface area (Å²) in [6.07, 6.45) is 2.82. The predicted molar refractivity (Wildman–Crippen MR) is 139 cm³/mol. The standard InChI is InChI=1S/C25H25BClN5O3/c1-15-11-19-21(29-23(33)13-27)9-4-10-22(19)32(15)25-30-20-8-3-7-18(20)24(31-25)28-14-16-5-2-6-17(12-16)26(34)35/h2,4-6,9-12,34-35H,3,7-8,13-14H2,1H3,(H,29,33)(H,28,30,31). The molecular formula is C25H25BClN5O3. The summed E-state index contributed by atoms with van der Waals surface area (Å²) in [5.41, 5.74) is 6.06. The van der Waals surface area contributed by atoms with Crippen molar-refractivity contribution in [1.29, 1.82) is 0 Å². The highest BCUT2D eigenvalue weighted by atomic mass is 35.5. The van der Waals surface area contributed by atoms with Crippen LogP contribution in [0.3, 0.4) is 0 Å². The first-order valence-corrected chi connectivity index (χ1v) is 12.0. The minimum atomic E-state index is -1.51. The minimum absolute atomic E-state index is 0.112. The summed E-state index contributed by atoms with van der Waals surface area (Å²) >= 11 is 5.69. The lowest BCUT2D eigenvalue weighted by Crippen LogP contribution is -2.30. The summed E-state index contributed by atoms with van der Waals surface area (Å²) in [6, 6.07) is 14.9. The second-order valence-corrected chi connectivity index (χ2v) is 8.93. The fraction of sp³-hybridized carbons (Fsp3) is 0.240. The zero-order valence-corrected chi connectivity index (χ0v) is 20.0. The van der Waals surface area contributed by atoms with E-state index in [4.69, 9.17) is 21.6 Å². The van der Waals surface area contributed by atoms with Crippen LogP contribution in [0.1, 0.15) is 28.9 Å². The van der Waals surface area contributed by atoms with Crippen molar-refractivity contribution in [2.45, 2.75) is 32.7 Å². The van der Waals surface area contributed by atoms with E-state index in [2.05, 4.69) is 10.6 Å². The quantitative estimate of drug-likeness (QED) is 0.235. The fourth-order valence-electron chi connectivity index (χ4n) is 4.64. The first-order valence-electron chi connectivity index (χ1n) is 11.5. The Labute approximate surface area is 208 Å². The van der Waals surface area contributed by atoms with Crippen LogP contribution in [-0.2, 0) is 24.2 Å². The largest absolute Gasteiger partial charge is 0.488 e. The van der Waals surface area contributed by atoms with Gasteiger partial charge in [0, 0.05) is 23.2 Å². The molecule has 10 heteroatoms. The zero-order valence-electron chi connectivity index (χ0n) is 19.3. The Morgan fingerprint density at radius 3 is 2.77 bits per heavy atom. The number of anilines is 2. The average molecular weight is 490 g/mol. The number of amides is 1. The Kier molecular flexibility index (Phi) is 6.47. The predicted octanol–water partition coefficient (Wildman–Crippen LogP) is 2.69. The van der Waals surface area contributed by atoms with E-state index in [1.54, 1.807) is 18.2 Å². The van der Waals surface area contributed by atoms with Gasteiger partial charge >= 0.3 is 7.12 Å². The van der Waals surface area contributed by atoms with Crippen LogP contribution < -0.4 is 16.1 Å². The number of benzene rings is 2. The van der Waals surface area contributed by atoms with Gasteiger partial charge in [-0.1, -0.05) is 30.3 Å². The van der Waals surface area contributed by atoms with Gasteiger partial charge < -0.3 is 20.7 Å². The summed E-state index contributed by atoms with van der Waals surface area (Å²) in [5.74, 6) is 0.980.